The van der Waals surface area contributed by atoms with Crippen LogP contribution in [0.25, 0.3) is 0 Å². The van der Waals surface area contributed by atoms with Gasteiger partial charge in [0.05, 0.1) is 30.4 Å². The second-order valence-corrected chi connectivity index (χ2v) is 7.42. The summed E-state index contributed by atoms with van der Waals surface area (Å²) < 4.78 is 39.8. The van der Waals surface area contributed by atoms with Gasteiger partial charge in [0.15, 0.2) is 11.5 Å². The molecule has 0 fully saturated rings. The van der Waals surface area contributed by atoms with Crippen LogP contribution in [-0.2, 0) is 0 Å². The van der Waals surface area contributed by atoms with Crippen molar-refractivity contribution in [2.45, 2.75) is 18.4 Å². The fraction of sp³-hybridized carbons (Fsp3) is 0.300. The van der Waals surface area contributed by atoms with Gasteiger partial charge in [0, 0.05) is 12.0 Å². The van der Waals surface area contributed by atoms with Crippen LogP contribution in [0.5, 0.6) is 11.5 Å². The third-order valence-electron chi connectivity index (χ3n) is 5.20. The molecule has 0 unspecified atom stereocenters. The first-order chi connectivity index (χ1) is 12.5. The maximum Gasteiger partial charge on any atom is 0.174 e. The van der Waals surface area contributed by atoms with Gasteiger partial charge in [-0.3, -0.25) is 0 Å². The van der Waals surface area contributed by atoms with Crippen molar-refractivity contribution in [3.8, 4) is 11.5 Å². The monoisotopic (exact) mass is 421 g/mol. The Hall–Kier alpha value is -2.08. The third kappa shape index (κ3) is 2.67. The van der Waals surface area contributed by atoms with Gasteiger partial charge in [0.2, 0.25) is 0 Å². The molecule has 2 aliphatic rings. The molecule has 0 saturated heterocycles. The van der Waals surface area contributed by atoms with Crippen LogP contribution in [-0.4, -0.2) is 14.2 Å². The standard InChI is InChI=1S/C20H18BrF2NO2/c1-25-17-7-10(6-15(21)20(17)26-2)18-13-5-3-4-12(13)14-8-11(22)9-16(23)19(14)24-18/h3-4,6-9,12-13,18,24H,5H2,1-2H3/t12-,13+,18-/m1/s1. The van der Waals surface area contributed by atoms with Crippen molar-refractivity contribution >= 4 is 21.6 Å². The molecule has 4 rings (SSSR count). The molecule has 1 aliphatic heterocycles. The van der Waals surface area contributed by atoms with Gasteiger partial charge >= 0.3 is 0 Å². The zero-order chi connectivity index (χ0) is 18.4. The molecule has 1 heterocycles. The van der Waals surface area contributed by atoms with Crippen molar-refractivity contribution in [2.24, 2.45) is 5.92 Å². The zero-order valence-corrected chi connectivity index (χ0v) is 15.9. The number of methoxy groups -OCH3 is 2. The van der Waals surface area contributed by atoms with Gasteiger partial charge in [0.25, 0.3) is 0 Å². The lowest BCUT2D eigenvalue weighted by Gasteiger charge is -2.38. The van der Waals surface area contributed by atoms with Crippen LogP contribution in [0.2, 0.25) is 0 Å². The van der Waals surface area contributed by atoms with Gasteiger partial charge in [-0.1, -0.05) is 12.2 Å². The fourth-order valence-electron chi connectivity index (χ4n) is 4.07. The highest BCUT2D eigenvalue weighted by atomic mass is 79.9. The molecule has 3 nitrogen and oxygen atoms in total. The number of allylic oxidation sites excluding steroid dienone is 2. The van der Waals surface area contributed by atoms with Crippen molar-refractivity contribution in [1.82, 2.24) is 0 Å². The van der Waals surface area contributed by atoms with Crippen LogP contribution in [0.4, 0.5) is 14.5 Å². The highest BCUT2D eigenvalue weighted by Gasteiger charge is 2.39. The molecular formula is C20H18BrF2NO2. The molecule has 0 spiro atoms. The number of rotatable bonds is 3. The molecule has 6 heteroatoms. The van der Waals surface area contributed by atoms with Gasteiger partial charge in [-0.15, -0.1) is 0 Å². The Morgan fingerprint density at radius 1 is 1.12 bits per heavy atom. The number of nitrogens with one attached hydrogen (secondary N) is 1. The average Bonchev–Trinajstić information content (AvgIpc) is 3.10. The molecule has 0 saturated carbocycles. The van der Waals surface area contributed by atoms with E-state index in [4.69, 9.17) is 9.47 Å². The van der Waals surface area contributed by atoms with Crippen LogP contribution in [0.1, 0.15) is 29.5 Å². The first kappa shape index (κ1) is 17.3. The second-order valence-electron chi connectivity index (χ2n) is 6.57. The van der Waals surface area contributed by atoms with Gasteiger partial charge in [-0.25, -0.2) is 8.78 Å². The SMILES string of the molecule is COc1cc([C@H]2Nc3c(F)cc(F)cc3[C@@H]3C=CC[C@H]23)cc(Br)c1OC. The number of hydrogen-bond donors (Lipinski definition) is 1. The Bertz CT molecular complexity index is 900. The van der Waals surface area contributed by atoms with Gasteiger partial charge < -0.3 is 14.8 Å². The van der Waals surface area contributed by atoms with E-state index in [0.717, 1.165) is 22.5 Å². The molecule has 0 aromatic heterocycles. The smallest absolute Gasteiger partial charge is 0.174 e. The summed E-state index contributed by atoms with van der Waals surface area (Å²) >= 11 is 3.52. The lowest BCUT2D eigenvalue weighted by molar-refractivity contribution is 0.350. The Labute approximate surface area is 159 Å². The molecule has 3 atom stereocenters. The van der Waals surface area contributed by atoms with Crippen molar-refractivity contribution in [3.63, 3.8) is 0 Å². The van der Waals surface area contributed by atoms with Crippen LogP contribution in [0, 0.1) is 17.6 Å². The first-order valence-corrected chi connectivity index (χ1v) is 9.16. The molecular weight excluding hydrogens is 404 g/mol. The summed E-state index contributed by atoms with van der Waals surface area (Å²) in [4.78, 5) is 0. The number of ether oxygens (including phenoxy) is 2. The molecule has 0 radical (unpaired) electrons. The van der Waals surface area contributed by atoms with Crippen LogP contribution in [0.3, 0.4) is 0 Å². The molecule has 136 valence electrons. The van der Waals surface area contributed by atoms with E-state index in [1.54, 1.807) is 14.2 Å². The molecule has 0 bridgehead atoms. The van der Waals surface area contributed by atoms with Gasteiger partial charge in [-0.2, -0.15) is 0 Å². The summed E-state index contributed by atoms with van der Waals surface area (Å²) in [5.74, 6) is 0.257. The van der Waals surface area contributed by atoms with E-state index >= 15 is 0 Å². The minimum Gasteiger partial charge on any atom is -0.493 e. The quantitative estimate of drug-likeness (QED) is 0.656. The minimum atomic E-state index is -0.566. The topological polar surface area (TPSA) is 30.5 Å². The maximum atomic E-state index is 14.4. The molecule has 26 heavy (non-hydrogen) atoms. The normalized spacial score (nSPS) is 23.2. The van der Waals surface area contributed by atoms with Crippen LogP contribution < -0.4 is 14.8 Å². The molecule has 2 aromatic rings. The Morgan fingerprint density at radius 2 is 1.92 bits per heavy atom. The predicted octanol–water partition coefficient (Wildman–Crippen LogP) is 5.57. The van der Waals surface area contributed by atoms with E-state index in [-0.39, 0.29) is 17.9 Å². The zero-order valence-electron chi connectivity index (χ0n) is 14.4. The number of benzene rings is 2. The number of hydrogen-bond acceptors (Lipinski definition) is 3. The van der Waals surface area contributed by atoms with E-state index in [2.05, 4.69) is 27.3 Å². The van der Waals surface area contributed by atoms with Crippen molar-refractivity contribution in [1.29, 1.82) is 0 Å². The lowest BCUT2D eigenvalue weighted by Crippen LogP contribution is -2.30. The molecule has 2 aromatic carbocycles. The largest absolute Gasteiger partial charge is 0.493 e. The molecule has 1 aliphatic carbocycles. The predicted molar refractivity (Wildman–Crippen MR) is 100.0 cm³/mol. The van der Waals surface area contributed by atoms with Crippen molar-refractivity contribution in [3.05, 3.63) is 63.7 Å². The number of fused-ring (bicyclic) bond motifs is 3. The fourth-order valence-corrected chi connectivity index (χ4v) is 4.69. The lowest BCUT2D eigenvalue weighted by atomic mass is 9.77. The van der Waals surface area contributed by atoms with Gasteiger partial charge in [0.1, 0.15) is 11.6 Å². The Balaban J connectivity index is 1.82. The molecule has 1 N–H and O–H groups in total. The van der Waals surface area contributed by atoms with E-state index in [9.17, 15) is 8.78 Å². The Kier molecular flexibility index (Phi) is 4.39. The van der Waals surface area contributed by atoms with Crippen LogP contribution >= 0.6 is 15.9 Å². The second kappa shape index (κ2) is 6.58. The van der Waals surface area contributed by atoms with E-state index in [1.165, 1.54) is 6.07 Å². The molecule has 0 amide bonds. The highest BCUT2D eigenvalue weighted by molar-refractivity contribution is 9.10. The van der Waals surface area contributed by atoms with Crippen molar-refractivity contribution in [2.75, 3.05) is 19.5 Å². The summed E-state index contributed by atoms with van der Waals surface area (Å²) in [6.45, 7) is 0. The van der Waals surface area contributed by atoms with Crippen molar-refractivity contribution < 1.29 is 18.3 Å². The Morgan fingerprint density at radius 3 is 2.65 bits per heavy atom. The first-order valence-electron chi connectivity index (χ1n) is 8.37. The summed E-state index contributed by atoms with van der Waals surface area (Å²) in [5.41, 5.74) is 2.01. The van der Waals surface area contributed by atoms with E-state index in [0.29, 0.717) is 22.7 Å². The number of halogens is 3. The summed E-state index contributed by atoms with van der Waals surface area (Å²) in [6.07, 6.45) is 4.97. The summed E-state index contributed by atoms with van der Waals surface area (Å²) in [6, 6.07) is 6.09. The summed E-state index contributed by atoms with van der Waals surface area (Å²) in [7, 11) is 3.16. The third-order valence-corrected chi connectivity index (χ3v) is 5.79. The number of anilines is 1. The average molecular weight is 422 g/mol. The van der Waals surface area contributed by atoms with Gasteiger partial charge in [-0.05, 0) is 57.6 Å². The van der Waals surface area contributed by atoms with E-state index < -0.39 is 11.6 Å². The highest BCUT2D eigenvalue weighted by Crippen LogP contribution is 2.52. The van der Waals surface area contributed by atoms with E-state index in [1.807, 2.05) is 18.2 Å². The maximum absolute atomic E-state index is 14.4. The van der Waals surface area contributed by atoms with Crippen LogP contribution in [0.15, 0.2) is 40.9 Å². The summed E-state index contributed by atoms with van der Waals surface area (Å²) in [5, 5.41) is 3.30. The minimum absolute atomic E-state index is 0.0201.